The largest absolute Gasteiger partial charge is 0.493 e. The van der Waals surface area contributed by atoms with Crippen molar-refractivity contribution in [2.75, 3.05) is 41.8 Å². The molecule has 9 heteroatoms. The van der Waals surface area contributed by atoms with Crippen LogP contribution in [0.15, 0.2) is 35.9 Å². The van der Waals surface area contributed by atoms with Gasteiger partial charge in [0.2, 0.25) is 12.5 Å². The highest BCUT2D eigenvalue weighted by molar-refractivity contribution is 5.91. The standard InChI is InChI=1S/C27H28O9/c1-6-14(26(28)33-5)23-16-10-19-18(35-12-36-19)9-15(16)22(24-17(23)11-34-27(24)29)13-7-20(30-2)25(32-4)21(8-13)31-3/h6-10,17,22-24H,11-12H2,1-5H3/b14-6-/t17-,22-,23?,24+/m1/s1. The first-order valence-corrected chi connectivity index (χ1v) is 11.6. The molecule has 1 unspecified atom stereocenters. The number of hydrogen-bond acceptors (Lipinski definition) is 9. The van der Waals surface area contributed by atoms with Gasteiger partial charge in [-0.2, -0.15) is 0 Å². The molecule has 0 spiro atoms. The van der Waals surface area contributed by atoms with Crippen LogP contribution in [0.1, 0.15) is 35.4 Å². The number of allylic oxidation sites excluding steroid dienone is 1. The fourth-order valence-electron chi connectivity index (χ4n) is 5.78. The lowest BCUT2D eigenvalue weighted by molar-refractivity contribution is -0.142. The molecule has 1 saturated heterocycles. The zero-order valence-corrected chi connectivity index (χ0v) is 20.8. The summed E-state index contributed by atoms with van der Waals surface area (Å²) in [5.74, 6) is 0.0765. The van der Waals surface area contributed by atoms with Crippen LogP contribution in [0, 0.1) is 11.8 Å². The first kappa shape index (κ1) is 23.8. The van der Waals surface area contributed by atoms with Crippen LogP contribution in [-0.4, -0.2) is 53.8 Å². The Morgan fingerprint density at radius 1 is 0.917 bits per heavy atom. The molecule has 0 bridgehead atoms. The molecule has 0 N–H and O–H groups in total. The molecule has 0 saturated carbocycles. The maximum atomic E-state index is 13.3. The van der Waals surface area contributed by atoms with Gasteiger partial charge in [0.05, 0.1) is 41.0 Å². The minimum absolute atomic E-state index is 0.0973. The lowest BCUT2D eigenvalue weighted by atomic mass is 9.61. The van der Waals surface area contributed by atoms with E-state index in [0.29, 0.717) is 34.3 Å². The average Bonchev–Trinajstić information content (AvgIpc) is 3.52. The Kier molecular flexibility index (Phi) is 6.15. The number of hydrogen-bond donors (Lipinski definition) is 0. The highest BCUT2D eigenvalue weighted by Crippen LogP contribution is 2.57. The predicted molar refractivity (Wildman–Crippen MR) is 127 cm³/mol. The Balaban J connectivity index is 1.78. The van der Waals surface area contributed by atoms with Crippen molar-refractivity contribution < 1.29 is 42.7 Å². The van der Waals surface area contributed by atoms with Crippen LogP contribution in [0.2, 0.25) is 0 Å². The maximum Gasteiger partial charge on any atom is 0.334 e. The third-order valence-electron chi connectivity index (χ3n) is 7.30. The molecule has 9 nitrogen and oxygen atoms in total. The minimum Gasteiger partial charge on any atom is -0.493 e. The Morgan fingerprint density at radius 3 is 2.11 bits per heavy atom. The van der Waals surface area contributed by atoms with Gasteiger partial charge in [-0.3, -0.25) is 4.79 Å². The molecule has 190 valence electrons. The molecule has 0 radical (unpaired) electrons. The SMILES string of the molecule is C/C=C(\C(=O)OC)C1c2cc3c(cc2[C@@H](c2cc(OC)c(OC)c(OC)c2)[C@H]2C(=O)OC[C@H]12)OCO3. The number of carbonyl (C=O) groups is 2. The van der Waals surface area contributed by atoms with Gasteiger partial charge in [0.1, 0.15) is 0 Å². The summed E-state index contributed by atoms with van der Waals surface area (Å²) in [4.78, 5) is 26.1. The summed E-state index contributed by atoms with van der Waals surface area (Å²) in [6.07, 6.45) is 1.74. The van der Waals surface area contributed by atoms with Crippen LogP contribution in [0.5, 0.6) is 28.7 Å². The monoisotopic (exact) mass is 496 g/mol. The third-order valence-corrected chi connectivity index (χ3v) is 7.30. The van der Waals surface area contributed by atoms with Gasteiger partial charge in [-0.15, -0.1) is 0 Å². The van der Waals surface area contributed by atoms with Gasteiger partial charge in [0, 0.05) is 23.3 Å². The molecule has 4 atom stereocenters. The van der Waals surface area contributed by atoms with Crippen LogP contribution < -0.4 is 23.7 Å². The quantitative estimate of drug-likeness (QED) is 0.439. The van der Waals surface area contributed by atoms with E-state index in [4.69, 9.17) is 33.2 Å². The summed E-state index contributed by atoms with van der Waals surface area (Å²) in [5.41, 5.74) is 2.95. The van der Waals surface area contributed by atoms with Gasteiger partial charge in [0.15, 0.2) is 23.0 Å². The number of rotatable bonds is 6. The van der Waals surface area contributed by atoms with E-state index < -0.39 is 23.7 Å². The van der Waals surface area contributed by atoms with Crippen molar-refractivity contribution in [2.45, 2.75) is 18.8 Å². The van der Waals surface area contributed by atoms with E-state index in [1.165, 1.54) is 14.2 Å². The molecular formula is C27H28O9. The van der Waals surface area contributed by atoms with Gasteiger partial charge >= 0.3 is 11.9 Å². The van der Waals surface area contributed by atoms with Crippen LogP contribution in [0.3, 0.4) is 0 Å². The fourth-order valence-corrected chi connectivity index (χ4v) is 5.78. The molecule has 1 aliphatic carbocycles. The van der Waals surface area contributed by atoms with E-state index >= 15 is 0 Å². The molecule has 2 aromatic carbocycles. The summed E-state index contributed by atoms with van der Waals surface area (Å²) in [5, 5.41) is 0. The van der Waals surface area contributed by atoms with Gasteiger partial charge in [-0.05, 0) is 47.9 Å². The molecule has 5 rings (SSSR count). The van der Waals surface area contributed by atoms with E-state index in [1.807, 2.05) is 24.3 Å². The van der Waals surface area contributed by atoms with E-state index in [0.717, 1.165) is 16.7 Å². The summed E-state index contributed by atoms with van der Waals surface area (Å²) < 4.78 is 38.8. The second-order valence-electron chi connectivity index (χ2n) is 8.80. The summed E-state index contributed by atoms with van der Waals surface area (Å²) in [7, 11) is 5.98. The van der Waals surface area contributed by atoms with E-state index in [1.54, 1.807) is 27.2 Å². The lowest BCUT2D eigenvalue weighted by Gasteiger charge is -2.39. The first-order valence-electron chi connectivity index (χ1n) is 11.6. The number of fused-ring (bicyclic) bond motifs is 3. The third kappa shape index (κ3) is 3.53. The van der Waals surface area contributed by atoms with Crippen molar-refractivity contribution in [1.82, 2.24) is 0 Å². The Bertz CT molecular complexity index is 1220. The van der Waals surface area contributed by atoms with Crippen molar-refractivity contribution in [1.29, 1.82) is 0 Å². The smallest absolute Gasteiger partial charge is 0.334 e. The Labute approximate surface area is 208 Å². The van der Waals surface area contributed by atoms with Crippen LogP contribution in [-0.2, 0) is 19.1 Å². The van der Waals surface area contributed by atoms with Gasteiger partial charge in [-0.1, -0.05) is 6.08 Å². The van der Waals surface area contributed by atoms with E-state index in [9.17, 15) is 9.59 Å². The highest BCUT2D eigenvalue weighted by Gasteiger charge is 2.54. The normalized spacial score (nSPS) is 23.9. The van der Waals surface area contributed by atoms with Crippen LogP contribution >= 0.6 is 0 Å². The summed E-state index contributed by atoms with van der Waals surface area (Å²) in [6.45, 7) is 2.06. The average molecular weight is 497 g/mol. The molecule has 2 aliphatic heterocycles. The number of esters is 2. The number of benzene rings is 2. The number of ether oxygens (including phenoxy) is 7. The van der Waals surface area contributed by atoms with Gasteiger partial charge in [0.25, 0.3) is 0 Å². The molecule has 2 aromatic rings. The Morgan fingerprint density at radius 2 is 1.56 bits per heavy atom. The first-order chi connectivity index (χ1) is 17.5. The van der Waals surface area contributed by atoms with Crippen molar-refractivity contribution in [3.63, 3.8) is 0 Å². The molecule has 36 heavy (non-hydrogen) atoms. The Hall–Kier alpha value is -3.88. The highest BCUT2D eigenvalue weighted by atomic mass is 16.7. The minimum atomic E-state index is -0.565. The molecule has 0 aromatic heterocycles. The van der Waals surface area contributed by atoms with Gasteiger partial charge in [-0.25, -0.2) is 4.79 Å². The van der Waals surface area contributed by atoms with E-state index in [2.05, 4.69) is 0 Å². The molecular weight excluding hydrogens is 468 g/mol. The van der Waals surface area contributed by atoms with Crippen LogP contribution in [0.25, 0.3) is 0 Å². The number of cyclic esters (lactones) is 1. The van der Waals surface area contributed by atoms with E-state index in [-0.39, 0.29) is 25.3 Å². The predicted octanol–water partition coefficient (Wildman–Crippen LogP) is 3.58. The van der Waals surface area contributed by atoms with Gasteiger partial charge < -0.3 is 33.2 Å². The lowest BCUT2D eigenvalue weighted by Crippen LogP contribution is -2.36. The number of methoxy groups -OCH3 is 4. The molecule has 3 aliphatic rings. The molecule has 1 fully saturated rings. The fraction of sp³-hybridized carbons (Fsp3) is 0.407. The summed E-state index contributed by atoms with van der Waals surface area (Å²) >= 11 is 0. The zero-order valence-electron chi connectivity index (χ0n) is 20.8. The van der Waals surface area contributed by atoms with Crippen LogP contribution in [0.4, 0.5) is 0 Å². The van der Waals surface area contributed by atoms with Crippen molar-refractivity contribution in [3.05, 3.63) is 52.6 Å². The number of carbonyl (C=O) groups excluding carboxylic acids is 2. The molecule has 0 amide bonds. The summed E-state index contributed by atoms with van der Waals surface area (Å²) in [6, 6.07) is 7.49. The second kappa shape index (κ2) is 9.29. The van der Waals surface area contributed by atoms with Crippen molar-refractivity contribution in [3.8, 4) is 28.7 Å². The zero-order chi connectivity index (χ0) is 25.6. The maximum absolute atomic E-state index is 13.3. The van der Waals surface area contributed by atoms with Crippen molar-refractivity contribution in [2.24, 2.45) is 11.8 Å². The topological polar surface area (TPSA) is 98.8 Å². The second-order valence-corrected chi connectivity index (χ2v) is 8.80. The van der Waals surface area contributed by atoms with Crippen molar-refractivity contribution >= 4 is 11.9 Å². The molecule has 2 heterocycles.